The highest BCUT2D eigenvalue weighted by Crippen LogP contribution is 2.24. The molecule has 19 heavy (non-hydrogen) atoms. The number of hydrogen-bond donors (Lipinski definition) is 1. The molecule has 102 valence electrons. The molecule has 1 fully saturated rings. The monoisotopic (exact) mass is 259 g/mol. The van der Waals surface area contributed by atoms with E-state index in [9.17, 15) is 4.79 Å². The maximum Gasteiger partial charge on any atom is 0.156 e. The van der Waals surface area contributed by atoms with Crippen LogP contribution in [0.5, 0.6) is 0 Å². The molecule has 2 rings (SSSR count). The molecule has 4 nitrogen and oxygen atoms in total. The minimum atomic E-state index is -0.0323. The molecule has 1 saturated heterocycles. The summed E-state index contributed by atoms with van der Waals surface area (Å²) in [5, 5.41) is 4.02. The van der Waals surface area contributed by atoms with Crippen LogP contribution in [0.1, 0.15) is 27.2 Å². The van der Waals surface area contributed by atoms with Crippen molar-refractivity contribution in [1.29, 1.82) is 0 Å². The van der Waals surface area contributed by atoms with Gasteiger partial charge in [0.15, 0.2) is 5.78 Å². The third-order valence-corrected chi connectivity index (χ3v) is 3.03. The molecule has 0 aromatic heterocycles. The molecule has 0 unspecified atom stereocenters. The predicted molar refractivity (Wildman–Crippen MR) is 77.3 cm³/mol. The Morgan fingerprint density at radius 2 is 2.05 bits per heavy atom. The first-order chi connectivity index (χ1) is 9.02. The Morgan fingerprint density at radius 3 is 2.68 bits per heavy atom. The zero-order chi connectivity index (χ0) is 13.9. The molecule has 0 atom stereocenters. The Hall–Kier alpha value is -1.81. The van der Waals surface area contributed by atoms with Gasteiger partial charge in [-0.1, -0.05) is 25.1 Å². The summed E-state index contributed by atoms with van der Waals surface area (Å²) in [6, 6.07) is 10.1. The van der Waals surface area contributed by atoms with E-state index in [1.807, 2.05) is 30.2 Å². The lowest BCUT2D eigenvalue weighted by Gasteiger charge is -2.27. The second-order valence-electron chi connectivity index (χ2n) is 5.37. The Kier molecular flexibility index (Phi) is 3.90. The predicted octanol–water partition coefficient (Wildman–Crippen LogP) is 2.50. The van der Waals surface area contributed by atoms with Gasteiger partial charge in [0.25, 0.3) is 0 Å². The molecule has 0 saturated carbocycles. The summed E-state index contributed by atoms with van der Waals surface area (Å²) in [6.07, 6.45) is 3.94. The maximum atomic E-state index is 11.4. The number of hydrazine groups is 2. The van der Waals surface area contributed by atoms with E-state index in [-0.39, 0.29) is 11.3 Å². The van der Waals surface area contributed by atoms with Crippen molar-refractivity contribution in [2.45, 2.75) is 32.7 Å². The molecule has 1 N–H and O–H groups in total. The normalized spacial score (nSPS) is 18.3. The molecule has 0 amide bonds. The first-order valence-corrected chi connectivity index (χ1v) is 6.62. The highest BCUT2D eigenvalue weighted by molar-refractivity contribution is 5.89. The van der Waals surface area contributed by atoms with Crippen LogP contribution in [0.4, 0.5) is 5.69 Å². The van der Waals surface area contributed by atoms with E-state index in [4.69, 9.17) is 0 Å². The number of anilines is 1. The van der Waals surface area contributed by atoms with Crippen LogP contribution in [0, 0.1) is 0 Å². The van der Waals surface area contributed by atoms with Crippen LogP contribution < -0.4 is 10.4 Å². The van der Waals surface area contributed by atoms with Gasteiger partial charge in [-0.3, -0.25) is 9.80 Å². The second-order valence-corrected chi connectivity index (χ2v) is 5.37. The number of carbonyl (C=O) groups excluding carboxylic acids is 1. The summed E-state index contributed by atoms with van der Waals surface area (Å²) in [7, 11) is 0. The van der Waals surface area contributed by atoms with E-state index in [0.717, 1.165) is 12.2 Å². The van der Waals surface area contributed by atoms with Crippen molar-refractivity contribution in [3.05, 3.63) is 42.6 Å². The zero-order valence-electron chi connectivity index (χ0n) is 11.8. The van der Waals surface area contributed by atoms with E-state index in [1.54, 1.807) is 12.3 Å². The van der Waals surface area contributed by atoms with Crippen LogP contribution in [-0.4, -0.2) is 23.0 Å². The highest BCUT2D eigenvalue weighted by atomic mass is 16.1. The van der Waals surface area contributed by atoms with Crippen molar-refractivity contribution in [2.24, 2.45) is 0 Å². The number of allylic oxidation sites excluding steroid dienone is 1. The molecular weight excluding hydrogens is 238 g/mol. The molecule has 4 heteroatoms. The molecule has 1 aliphatic heterocycles. The number of carbonyl (C=O) groups is 1. The molecule has 1 aliphatic rings. The standard InChI is InChI=1S/C15H21N3O/c1-4-14(19)10-11-18-16-15(2,3)12-17(18)13-8-6-5-7-9-13/h5-11,16H,4,12H2,1-3H3. The molecule has 1 aromatic rings. The lowest BCUT2D eigenvalue weighted by molar-refractivity contribution is -0.114. The third-order valence-electron chi connectivity index (χ3n) is 3.03. The highest BCUT2D eigenvalue weighted by Gasteiger charge is 2.33. The number of benzene rings is 1. The van der Waals surface area contributed by atoms with Crippen LogP contribution >= 0.6 is 0 Å². The topological polar surface area (TPSA) is 35.6 Å². The molecule has 0 bridgehead atoms. The SMILES string of the molecule is CCC(=O)C=CN1NC(C)(C)CN1c1ccccc1. The Morgan fingerprint density at radius 1 is 1.37 bits per heavy atom. The van der Waals surface area contributed by atoms with Gasteiger partial charge >= 0.3 is 0 Å². The maximum absolute atomic E-state index is 11.4. The zero-order valence-corrected chi connectivity index (χ0v) is 11.8. The van der Waals surface area contributed by atoms with E-state index in [1.165, 1.54) is 0 Å². The lowest BCUT2D eigenvalue weighted by atomic mass is 10.1. The fraction of sp³-hybridized carbons (Fsp3) is 0.400. The van der Waals surface area contributed by atoms with Gasteiger partial charge in [-0.25, -0.2) is 10.5 Å². The van der Waals surface area contributed by atoms with Crippen molar-refractivity contribution < 1.29 is 4.79 Å². The Bertz CT molecular complexity index is 468. The van der Waals surface area contributed by atoms with Gasteiger partial charge in [0.05, 0.1) is 17.8 Å². The molecule has 0 spiro atoms. The van der Waals surface area contributed by atoms with Crippen molar-refractivity contribution in [3.8, 4) is 0 Å². The number of nitrogens with one attached hydrogen (secondary N) is 1. The summed E-state index contributed by atoms with van der Waals surface area (Å²) in [4.78, 5) is 11.4. The molecule has 1 heterocycles. The van der Waals surface area contributed by atoms with E-state index < -0.39 is 0 Å². The largest absolute Gasteiger partial charge is 0.295 e. The van der Waals surface area contributed by atoms with Gasteiger partial charge in [0.1, 0.15) is 0 Å². The molecule has 0 aliphatic carbocycles. The number of hydrogen-bond acceptors (Lipinski definition) is 4. The van der Waals surface area contributed by atoms with Crippen molar-refractivity contribution in [3.63, 3.8) is 0 Å². The first-order valence-electron chi connectivity index (χ1n) is 6.62. The van der Waals surface area contributed by atoms with Crippen LogP contribution in [0.15, 0.2) is 42.6 Å². The second kappa shape index (κ2) is 5.45. The van der Waals surface area contributed by atoms with E-state index in [2.05, 4.69) is 36.4 Å². The van der Waals surface area contributed by atoms with Gasteiger partial charge in [-0.05, 0) is 26.0 Å². The molecule has 1 aromatic carbocycles. The molecular formula is C15H21N3O. The summed E-state index contributed by atoms with van der Waals surface area (Å²) in [6.45, 7) is 6.99. The van der Waals surface area contributed by atoms with Gasteiger partial charge in [-0.15, -0.1) is 0 Å². The summed E-state index contributed by atoms with van der Waals surface area (Å²) >= 11 is 0. The quantitative estimate of drug-likeness (QED) is 0.843. The Labute approximate surface area is 114 Å². The fourth-order valence-corrected chi connectivity index (χ4v) is 2.06. The average molecular weight is 259 g/mol. The van der Waals surface area contributed by atoms with Crippen LogP contribution in [0.25, 0.3) is 0 Å². The van der Waals surface area contributed by atoms with Crippen LogP contribution in [0.2, 0.25) is 0 Å². The fourth-order valence-electron chi connectivity index (χ4n) is 2.06. The minimum Gasteiger partial charge on any atom is -0.295 e. The first kappa shape index (κ1) is 13.6. The number of ketones is 1. The lowest BCUT2D eigenvalue weighted by Crippen LogP contribution is -2.41. The van der Waals surface area contributed by atoms with Crippen molar-refractivity contribution in [2.75, 3.05) is 11.6 Å². The Balaban J connectivity index is 2.20. The third kappa shape index (κ3) is 3.35. The number of para-hydroxylation sites is 1. The smallest absolute Gasteiger partial charge is 0.156 e. The van der Waals surface area contributed by atoms with Gasteiger partial charge in [0, 0.05) is 18.7 Å². The van der Waals surface area contributed by atoms with Gasteiger partial charge in [-0.2, -0.15) is 0 Å². The molecule has 0 radical (unpaired) electrons. The van der Waals surface area contributed by atoms with Crippen LogP contribution in [0.3, 0.4) is 0 Å². The average Bonchev–Trinajstić information content (AvgIpc) is 2.72. The summed E-state index contributed by atoms with van der Waals surface area (Å²) in [5.41, 5.74) is 4.45. The van der Waals surface area contributed by atoms with Crippen molar-refractivity contribution >= 4 is 11.5 Å². The van der Waals surface area contributed by atoms with Crippen LogP contribution in [-0.2, 0) is 4.79 Å². The van der Waals surface area contributed by atoms with Crippen molar-refractivity contribution in [1.82, 2.24) is 10.5 Å². The summed E-state index contributed by atoms with van der Waals surface area (Å²) in [5.74, 6) is 0.125. The van der Waals surface area contributed by atoms with E-state index in [0.29, 0.717) is 6.42 Å². The number of rotatable bonds is 4. The van der Waals surface area contributed by atoms with Gasteiger partial charge < -0.3 is 0 Å². The summed E-state index contributed by atoms with van der Waals surface area (Å²) < 4.78 is 0. The van der Waals surface area contributed by atoms with Gasteiger partial charge in [0.2, 0.25) is 0 Å². The minimum absolute atomic E-state index is 0.0323. The van der Waals surface area contributed by atoms with E-state index >= 15 is 0 Å². The number of nitrogens with zero attached hydrogens (tertiary/aromatic N) is 2.